The van der Waals surface area contributed by atoms with Crippen LogP contribution in [0.15, 0.2) is 48.5 Å². The molecule has 0 radical (unpaired) electrons. The molecule has 1 aromatic heterocycles. The highest BCUT2D eigenvalue weighted by Crippen LogP contribution is 2.57. The third kappa shape index (κ3) is 3.44. The average Bonchev–Trinajstić information content (AvgIpc) is 3.28. The number of ether oxygens (including phenoxy) is 2. The Hall–Kier alpha value is -3.00. The molecule has 2 aliphatic rings. The van der Waals surface area contributed by atoms with E-state index in [1.807, 2.05) is 63.4 Å². The van der Waals surface area contributed by atoms with E-state index < -0.39 is 23.7 Å². The molecular weight excluding hydrogens is 454 g/mol. The van der Waals surface area contributed by atoms with E-state index >= 15 is 0 Å². The van der Waals surface area contributed by atoms with Gasteiger partial charge in [-0.3, -0.25) is 9.59 Å². The summed E-state index contributed by atoms with van der Waals surface area (Å²) in [6.45, 7) is 10.4. The summed E-state index contributed by atoms with van der Waals surface area (Å²) in [6, 6.07) is 15.2. The van der Waals surface area contributed by atoms with Crippen molar-refractivity contribution in [1.82, 2.24) is 9.88 Å². The fourth-order valence-corrected chi connectivity index (χ4v) is 6.14. The number of para-hydroxylation sites is 1. The van der Waals surface area contributed by atoms with Gasteiger partial charge in [-0.15, -0.1) is 0 Å². The lowest BCUT2D eigenvalue weighted by atomic mass is 9.71. The number of hydrogen-bond donors (Lipinski definition) is 1. The van der Waals surface area contributed by atoms with E-state index in [9.17, 15) is 9.59 Å². The number of aryl methyl sites for hydroxylation is 2. The molecule has 0 bridgehead atoms. The molecule has 36 heavy (non-hydrogen) atoms. The maximum atomic E-state index is 14.2. The van der Waals surface area contributed by atoms with Crippen LogP contribution in [0.4, 0.5) is 5.69 Å². The molecule has 7 heteroatoms. The van der Waals surface area contributed by atoms with E-state index in [0.29, 0.717) is 12.3 Å². The van der Waals surface area contributed by atoms with Gasteiger partial charge in [-0.1, -0.05) is 35.9 Å². The van der Waals surface area contributed by atoms with Gasteiger partial charge in [0.05, 0.1) is 17.3 Å². The molecule has 1 saturated heterocycles. The third-order valence-corrected chi connectivity index (χ3v) is 7.45. The first-order chi connectivity index (χ1) is 17.1. The SMILES string of the molecule is CCO[C@]1(OC)c2c(c3ccccc3n2C)[C@@H](NC(C)(C)C)[C@@H]2C(=O)N(c3ccc(C)cc3)C(=O)[C@@H]21. The van der Waals surface area contributed by atoms with E-state index in [4.69, 9.17) is 9.47 Å². The number of rotatable bonds is 5. The number of methoxy groups -OCH3 is 1. The molecule has 3 aromatic rings. The van der Waals surface area contributed by atoms with E-state index in [1.165, 1.54) is 4.90 Å². The molecule has 1 aliphatic carbocycles. The quantitative estimate of drug-likeness (QED) is 0.420. The van der Waals surface area contributed by atoms with Crippen LogP contribution < -0.4 is 10.2 Å². The Balaban J connectivity index is 1.82. The van der Waals surface area contributed by atoms with Gasteiger partial charge in [0, 0.05) is 48.8 Å². The van der Waals surface area contributed by atoms with Gasteiger partial charge >= 0.3 is 0 Å². The van der Waals surface area contributed by atoms with Crippen molar-refractivity contribution < 1.29 is 19.1 Å². The molecular formula is C29H35N3O4. The Kier molecular flexibility index (Phi) is 5.86. The summed E-state index contributed by atoms with van der Waals surface area (Å²) in [5, 5.41) is 4.72. The third-order valence-electron chi connectivity index (χ3n) is 7.45. The Morgan fingerprint density at radius 3 is 2.31 bits per heavy atom. The molecule has 0 saturated carbocycles. The molecule has 7 nitrogen and oxygen atoms in total. The number of carbonyl (C=O) groups is 2. The van der Waals surface area contributed by atoms with E-state index in [1.54, 1.807) is 7.11 Å². The van der Waals surface area contributed by atoms with Crippen molar-refractivity contribution in [1.29, 1.82) is 0 Å². The van der Waals surface area contributed by atoms with Crippen LogP contribution >= 0.6 is 0 Å². The number of anilines is 1. The fraction of sp³-hybridized carbons (Fsp3) is 0.448. The summed E-state index contributed by atoms with van der Waals surface area (Å²) in [5.41, 5.74) is 4.04. The maximum Gasteiger partial charge on any atom is 0.243 e. The number of fused-ring (bicyclic) bond motifs is 4. The number of aromatic nitrogens is 1. The second kappa shape index (κ2) is 8.54. The van der Waals surface area contributed by atoms with E-state index in [0.717, 1.165) is 27.7 Å². The standard InChI is InChI=1S/C29H35N3O4/c1-8-36-29(35-7)23-22(26(33)32(27(23)34)18-15-13-17(2)14-16-18)24(30-28(3,4)5)21-19-11-9-10-12-20(19)31(6)25(21)29/h9-16,22-24,30H,8H2,1-7H3/t22-,23-,24-,29+/m1/s1. The van der Waals surface area contributed by atoms with Crippen LogP contribution in [0.25, 0.3) is 10.9 Å². The number of nitrogens with zero attached hydrogens (tertiary/aromatic N) is 2. The first-order valence-corrected chi connectivity index (χ1v) is 12.5. The van der Waals surface area contributed by atoms with Crippen molar-refractivity contribution in [3.63, 3.8) is 0 Å². The number of carbonyl (C=O) groups excluding carboxylic acids is 2. The number of hydrogen-bond acceptors (Lipinski definition) is 5. The van der Waals surface area contributed by atoms with Gasteiger partial charge in [0.25, 0.3) is 0 Å². The first-order valence-electron chi connectivity index (χ1n) is 12.5. The van der Waals surface area contributed by atoms with E-state index in [-0.39, 0.29) is 17.4 Å². The summed E-state index contributed by atoms with van der Waals surface area (Å²) in [6.07, 6.45) is 0. The van der Waals surface area contributed by atoms with Gasteiger partial charge < -0.3 is 19.4 Å². The summed E-state index contributed by atoms with van der Waals surface area (Å²) in [7, 11) is 3.54. The normalized spacial score (nSPS) is 26.0. The molecule has 190 valence electrons. The maximum absolute atomic E-state index is 14.2. The zero-order chi connectivity index (χ0) is 26.0. The highest BCUT2D eigenvalue weighted by Gasteiger charge is 2.67. The highest BCUT2D eigenvalue weighted by atomic mass is 16.7. The summed E-state index contributed by atoms with van der Waals surface area (Å²) in [5.74, 6) is -3.52. The van der Waals surface area contributed by atoms with Gasteiger partial charge in [0.15, 0.2) is 0 Å². The minimum Gasteiger partial charge on any atom is -0.347 e. The lowest BCUT2D eigenvalue weighted by Crippen LogP contribution is -2.56. The fourth-order valence-electron chi connectivity index (χ4n) is 6.14. The Morgan fingerprint density at radius 2 is 1.69 bits per heavy atom. The van der Waals surface area contributed by atoms with Crippen LogP contribution in [0.2, 0.25) is 0 Å². The molecule has 1 fully saturated rings. The topological polar surface area (TPSA) is 72.8 Å². The van der Waals surface area contributed by atoms with Crippen LogP contribution in [-0.4, -0.2) is 35.6 Å². The first kappa shape index (κ1) is 24.7. The van der Waals surface area contributed by atoms with Crippen molar-refractivity contribution >= 4 is 28.4 Å². The van der Waals surface area contributed by atoms with Crippen LogP contribution in [0.3, 0.4) is 0 Å². The molecule has 2 amide bonds. The number of amides is 2. The smallest absolute Gasteiger partial charge is 0.243 e. The predicted molar refractivity (Wildman–Crippen MR) is 140 cm³/mol. The Bertz CT molecular complexity index is 1340. The van der Waals surface area contributed by atoms with Crippen molar-refractivity contribution in [2.45, 2.75) is 52.0 Å². The highest BCUT2D eigenvalue weighted by molar-refractivity contribution is 6.23. The minimum absolute atomic E-state index is 0.240. The molecule has 2 aromatic carbocycles. The summed E-state index contributed by atoms with van der Waals surface area (Å²) in [4.78, 5) is 29.8. The average molecular weight is 490 g/mol. The molecule has 1 N–H and O–H groups in total. The molecule has 1 aliphatic heterocycles. The van der Waals surface area contributed by atoms with Crippen molar-refractivity contribution in [2.24, 2.45) is 18.9 Å². The van der Waals surface area contributed by atoms with Gasteiger partial charge in [0.2, 0.25) is 17.6 Å². The molecule has 4 atom stereocenters. The van der Waals surface area contributed by atoms with Gasteiger partial charge in [-0.05, 0) is 52.8 Å². The van der Waals surface area contributed by atoms with Crippen LogP contribution in [0.5, 0.6) is 0 Å². The van der Waals surface area contributed by atoms with Crippen LogP contribution in [0.1, 0.15) is 50.6 Å². The van der Waals surface area contributed by atoms with E-state index in [2.05, 4.69) is 36.7 Å². The Morgan fingerprint density at radius 1 is 1.03 bits per heavy atom. The molecule has 5 rings (SSSR count). The lowest BCUT2D eigenvalue weighted by Gasteiger charge is -2.46. The minimum atomic E-state index is -1.41. The summed E-state index contributed by atoms with van der Waals surface area (Å²) < 4.78 is 14.7. The zero-order valence-corrected chi connectivity index (χ0v) is 22.1. The van der Waals surface area contributed by atoms with Crippen molar-refractivity contribution in [3.05, 3.63) is 65.4 Å². The second-order valence-electron chi connectivity index (χ2n) is 10.9. The second-order valence-corrected chi connectivity index (χ2v) is 10.9. The number of nitrogens with one attached hydrogen (secondary N) is 1. The Labute approximate surface area is 212 Å². The molecule has 2 heterocycles. The number of imide groups is 1. The molecule has 0 spiro atoms. The van der Waals surface area contributed by atoms with Crippen molar-refractivity contribution in [3.8, 4) is 0 Å². The number of benzene rings is 2. The molecule has 0 unspecified atom stereocenters. The van der Waals surface area contributed by atoms with Crippen molar-refractivity contribution in [2.75, 3.05) is 18.6 Å². The predicted octanol–water partition coefficient (Wildman–Crippen LogP) is 4.57. The van der Waals surface area contributed by atoms with Gasteiger partial charge in [-0.2, -0.15) is 0 Å². The van der Waals surface area contributed by atoms with Gasteiger partial charge in [0.1, 0.15) is 5.92 Å². The largest absolute Gasteiger partial charge is 0.347 e. The monoisotopic (exact) mass is 489 g/mol. The zero-order valence-electron chi connectivity index (χ0n) is 22.1. The summed E-state index contributed by atoms with van der Waals surface area (Å²) >= 11 is 0. The van der Waals surface area contributed by atoms with Gasteiger partial charge in [-0.25, -0.2) is 4.90 Å². The lowest BCUT2D eigenvalue weighted by molar-refractivity contribution is -0.271. The van der Waals surface area contributed by atoms with Crippen LogP contribution in [0, 0.1) is 18.8 Å². The van der Waals surface area contributed by atoms with Crippen LogP contribution in [-0.2, 0) is 31.9 Å².